The number of hydrogen-bond acceptors (Lipinski definition) is 3. The second kappa shape index (κ2) is 5.76. The molecule has 23 heavy (non-hydrogen) atoms. The number of amides is 1. The number of aromatic nitrogens is 1. The molecule has 0 aliphatic heterocycles. The molecule has 5 heteroatoms. The van der Waals surface area contributed by atoms with Gasteiger partial charge in [0, 0.05) is 5.69 Å². The molecule has 118 valence electrons. The third kappa shape index (κ3) is 2.90. The van der Waals surface area contributed by atoms with E-state index in [-0.39, 0.29) is 5.91 Å². The first-order valence-electron chi connectivity index (χ1n) is 7.45. The second-order valence-corrected chi connectivity index (χ2v) is 5.75. The highest BCUT2D eigenvalue weighted by Gasteiger charge is 2.21. The van der Waals surface area contributed by atoms with Crippen molar-refractivity contribution in [1.29, 1.82) is 0 Å². The molecule has 2 aromatic carbocycles. The zero-order chi connectivity index (χ0) is 16.6. The molecule has 1 unspecified atom stereocenters. The zero-order valence-corrected chi connectivity index (χ0v) is 13.3. The van der Waals surface area contributed by atoms with Gasteiger partial charge in [-0.15, -0.1) is 0 Å². The number of carbonyl (C=O) groups is 1. The minimum Gasteiger partial charge on any atom is -0.408 e. The maximum Gasteiger partial charge on any atom is 0.420 e. The van der Waals surface area contributed by atoms with Crippen molar-refractivity contribution >= 4 is 22.7 Å². The quantitative estimate of drug-likeness (QED) is 0.806. The number of fused-ring (bicyclic) bond motifs is 1. The van der Waals surface area contributed by atoms with E-state index in [2.05, 4.69) is 5.32 Å². The highest BCUT2D eigenvalue weighted by Crippen LogP contribution is 2.19. The van der Waals surface area contributed by atoms with Gasteiger partial charge in [0.05, 0.1) is 5.52 Å². The smallest absolute Gasteiger partial charge is 0.408 e. The Bertz CT molecular complexity index is 917. The van der Waals surface area contributed by atoms with E-state index >= 15 is 0 Å². The van der Waals surface area contributed by atoms with Crippen molar-refractivity contribution < 1.29 is 9.21 Å². The number of oxazole rings is 1. The topological polar surface area (TPSA) is 64.2 Å². The fraction of sp³-hybridized carbons (Fsp3) is 0.222. The van der Waals surface area contributed by atoms with Crippen LogP contribution < -0.4 is 11.1 Å². The molecule has 0 radical (unpaired) electrons. The van der Waals surface area contributed by atoms with E-state index in [1.54, 1.807) is 25.1 Å². The number of hydrogen-bond donors (Lipinski definition) is 1. The lowest BCUT2D eigenvalue weighted by Gasteiger charge is -2.14. The van der Waals surface area contributed by atoms with Crippen LogP contribution in [0.15, 0.2) is 51.7 Å². The molecule has 0 spiro atoms. The van der Waals surface area contributed by atoms with Crippen molar-refractivity contribution in [2.75, 3.05) is 5.32 Å². The van der Waals surface area contributed by atoms with Crippen LogP contribution in [0, 0.1) is 13.8 Å². The van der Waals surface area contributed by atoms with Crippen LogP contribution in [0.25, 0.3) is 11.1 Å². The average Bonchev–Trinajstić information content (AvgIpc) is 2.81. The largest absolute Gasteiger partial charge is 0.420 e. The Morgan fingerprint density at radius 1 is 1.13 bits per heavy atom. The maximum absolute atomic E-state index is 12.5. The van der Waals surface area contributed by atoms with Gasteiger partial charge in [-0.3, -0.25) is 9.36 Å². The number of carbonyl (C=O) groups excluding carboxylic acids is 1. The van der Waals surface area contributed by atoms with Crippen LogP contribution in [0.5, 0.6) is 0 Å². The number of anilines is 1. The molecule has 0 bridgehead atoms. The van der Waals surface area contributed by atoms with Gasteiger partial charge in [-0.2, -0.15) is 0 Å². The fourth-order valence-corrected chi connectivity index (χ4v) is 2.76. The Hall–Kier alpha value is -2.82. The molecule has 5 nitrogen and oxygen atoms in total. The minimum atomic E-state index is -0.674. The van der Waals surface area contributed by atoms with Gasteiger partial charge in [0.1, 0.15) is 6.04 Å². The minimum absolute atomic E-state index is 0.261. The van der Waals surface area contributed by atoms with Crippen molar-refractivity contribution in [2.24, 2.45) is 0 Å². The molecule has 3 rings (SSSR count). The van der Waals surface area contributed by atoms with Gasteiger partial charge in [-0.25, -0.2) is 4.79 Å². The summed E-state index contributed by atoms with van der Waals surface area (Å²) < 4.78 is 6.55. The third-order valence-corrected chi connectivity index (χ3v) is 3.77. The van der Waals surface area contributed by atoms with Gasteiger partial charge < -0.3 is 9.73 Å². The Labute approximate surface area is 133 Å². The molecule has 0 aliphatic carbocycles. The molecule has 3 aromatic rings. The Morgan fingerprint density at radius 2 is 1.78 bits per heavy atom. The van der Waals surface area contributed by atoms with E-state index in [0.717, 1.165) is 16.8 Å². The summed E-state index contributed by atoms with van der Waals surface area (Å²) in [6, 6.07) is 12.2. The monoisotopic (exact) mass is 310 g/mol. The van der Waals surface area contributed by atoms with Gasteiger partial charge in [0.15, 0.2) is 5.58 Å². The molecule has 1 heterocycles. The van der Waals surface area contributed by atoms with Crippen molar-refractivity contribution in [3.8, 4) is 0 Å². The summed E-state index contributed by atoms with van der Waals surface area (Å²) >= 11 is 0. The van der Waals surface area contributed by atoms with Crippen molar-refractivity contribution in [1.82, 2.24) is 4.57 Å². The normalized spacial score (nSPS) is 12.3. The lowest BCUT2D eigenvalue weighted by Crippen LogP contribution is -2.29. The number of nitrogens with one attached hydrogen (secondary N) is 1. The first-order valence-corrected chi connectivity index (χ1v) is 7.45. The van der Waals surface area contributed by atoms with Crippen molar-refractivity contribution in [2.45, 2.75) is 26.8 Å². The summed E-state index contributed by atoms with van der Waals surface area (Å²) in [7, 11) is 0. The summed E-state index contributed by atoms with van der Waals surface area (Å²) in [5.41, 5.74) is 3.95. The Kier molecular flexibility index (Phi) is 3.78. The van der Waals surface area contributed by atoms with Crippen LogP contribution >= 0.6 is 0 Å². The number of para-hydroxylation sites is 2. The SMILES string of the molecule is Cc1cc(C)cc(NC(=O)C(C)n2c(=O)oc3ccccc32)c1. The molecular formula is C18H18N2O3. The van der Waals surface area contributed by atoms with E-state index in [9.17, 15) is 9.59 Å². The average molecular weight is 310 g/mol. The maximum atomic E-state index is 12.5. The van der Waals surface area contributed by atoms with Crippen LogP contribution in [0.1, 0.15) is 24.1 Å². The fourth-order valence-electron chi connectivity index (χ4n) is 2.76. The van der Waals surface area contributed by atoms with Gasteiger partial charge in [-0.1, -0.05) is 18.2 Å². The van der Waals surface area contributed by atoms with Crippen molar-refractivity contribution in [3.05, 3.63) is 64.1 Å². The van der Waals surface area contributed by atoms with Gasteiger partial charge in [0.25, 0.3) is 0 Å². The van der Waals surface area contributed by atoms with Crippen LogP contribution in [-0.4, -0.2) is 10.5 Å². The molecule has 1 amide bonds. The predicted molar refractivity (Wildman–Crippen MR) is 89.7 cm³/mol. The van der Waals surface area contributed by atoms with Crippen LogP contribution in [0.3, 0.4) is 0 Å². The Morgan fingerprint density at radius 3 is 2.48 bits per heavy atom. The lowest BCUT2D eigenvalue weighted by molar-refractivity contribution is -0.118. The van der Waals surface area contributed by atoms with Crippen LogP contribution in [0.2, 0.25) is 0 Å². The molecule has 1 atom stereocenters. The van der Waals surface area contributed by atoms with Crippen LogP contribution in [-0.2, 0) is 4.79 Å². The van der Waals surface area contributed by atoms with Gasteiger partial charge in [-0.05, 0) is 56.2 Å². The molecular weight excluding hydrogens is 292 g/mol. The number of benzene rings is 2. The summed E-state index contributed by atoms with van der Waals surface area (Å²) in [4.78, 5) is 24.6. The molecule has 0 saturated heterocycles. The summed E-state index contributed by atoms with van der Waals surface area (Å²) in [5.74, 6) is -0.794. The summed E-state index contributed by atoms with van der Waals surface area (Å²) in [5, 5.41) is 2.86. The standard InChI is InChI=1S/C18H18N2O3/c1-11-8-12(2)10-14(9-11)19-17(21)13(3)20-15-6-4-5-7-16(15)23-18(20)22/h4-10,13H,1-3H3,(H,19,21). The first-order chi connectivity index (χ1) is 11.0. The molecule has 0 fully saturated rings. The molecule has 0 saturated carbocycles. The van der Waals surface area contributed by atoms with Crippen molar-refractivity contribution in [3.63, 3.8) is 0 Å². The Balaban J connectivity index is 1.92. The summed E-state index contributed by atoms with van der Waals surface area (Å²) in [6.07, 6.45) is 0. The van der Waals surface area contributed by atoms with Gasteiger partial charge >= 0.3 is 5.76 Å². The van der Waals surface area contributed by atoms with Crippen LogP contribution in [0.4, 0.5) is 5.69 Å². The molecule has 0 aliphatic rings. The van der Waals surface area contributed by atoms with E-state index in [4.69, 9.17) is 4.42 Å². The van der Waals surface area contributed by atoms with Gasteiger partial charge in [0.2, 0.25) is 5.91 Å². The first kappa shape index (κ1) is 15.1. The van der Waals surface area contributed by atoms with E-state index in [1.807, 2.05) is 38.1 Å². The highest BCUT2D eigenvalue weighted by atomic mass is 16.4. The zero-order valence-electron chi connectivity index (χ0n) is 13.3. The van der Waals surface area contributed by atoms with E-state index in [1.165, 1.54) is 4.57 Å². The number of aryl methyl sites for hydroxylation is 2. The second-order valence-electron chi connectivity index (χ2n) is 5.75. The number of nitrogens with zero attached hydrogens (tertiary/aromatic N) is 1. The summed E-state index contributed by atoms with van der Waals surface area (Å²) in [6.45, 7) is 5.63. The predicted octanol–water partition coefficient (Wildman–Crippen LogP) is 3.41. The third-order valence-electron chi connectivity index (χ3n) is 3.77. The number of rotatable bonds is 3. The van der Waals surface area contributed by atoms with E-state index < -0.39 is 11.8 Å². The lowest BCUT2D eigenvalue weighted by atomic mass is 10.1. The van der Waals surface area contributed by atoms with E-state index in [0.29, 0.717) is 11.1 Å². The highest BCUT2D eigenvalue weighted by molar-refractivity contribution is 5.94. The molecule has 1 aromatic heterocycles. The molecule has 1 N–H and O–H groups in total.